The largest absolute Gasteiger partial charge is 0.508 e. The summed E-state index contributed by atoms with van der Waals surface area (Å²) in [5.74, 6) is 0.246. The molecule has 19 heavy (non-hydrogen) atoms. The van der Waals surface area contributed by atoms with Crippen molar-refractivity contribution >= 4 is 12.6 Å². The van der Waals surface area contributed by atoms with Gasteiger partial charge in [0.2, 0.25) is 0 Å². The van der Waals surface area contributed by atoms with Gasteiger partial charge >= 0.3 is 7.12 Å². The summed E-state index contributed by atoms with van der Waals surface area (Å²) in [5.41, 5.74) is 0.729. The average Bonchev–Trinajstić information content (AvgIpc) is 2.51. The van der Waals surface area contributed by atoms with E-state index in [1.807, 2.05) is 52.9 Å². The van der Waals surface area contributed by atoms with Gasteiger partial charge in [-0.05, 0) is 34.7 Å². The van der Waals surface area contributed by atoms with E-state index in [0.717, 1.165) is 5.56 Å². The molecule has 0 aliphatic carbocycles. The smallest absolute Gasteiger partial charge is 0.498 e. The van der Waals surface area contributed by atoms with Crippen LogP contribution in [0.5, 0.6) is 5.75 Å². The van der Waals surface area contributed by atoms with Gasteiger partial charge in [0, 0.05) is 17.6 Å². The van der Waals surface area contributed by atoms with Gasteiger partial charge in [-0.2, -0.15) is 0 Å². The maximum Gasteiger partial charge on any atom is 0.498 e. The van der Waals surface area contributed by atoms with Gasteiger partial charge in [-0.3, -0.25) is 0 Å². The first-order chi connectivity index (χ1) is 8.78. The molecular formula is C14H22BNO3. The van der Waals surface area contributed by atoms with Crippen LogP contribution in [0.4, 0.5) is 0 Å². The molecule has 0 atom stereocenters. The van der Waals surface area contributed by atoms with Crippen LogP contribution in [0.2, 0.25) is 0 Å². The van der Waals surface area contributed by atoms with E-state index in [0.29, 0.717) is 12.0 Å². The fraction of sp³-hybridized carbons (Fsp3) is 0.571. The predicted molar refractivity (Wildman–Crippen MR) is 76.6 cm³/mol. The lowest BCUT2D eigenvalue weighted by atomic mass is 9.77. The summed E-state index contributed by atoms with van der Waals surface area (Å²) in [6.07, 6.45) is 0. The van der Waals surface area contributed by atoms with Gasteiger partial charge in [0.05, 0.1) is 11.2 Å². The number of phenolic OH excluding ortho intramolecular Hbond substituents is 1. The van der Waals surface area contributed by atoms with E-state index in [-0.39, 0.29) is 5.75 Å². The van der Waals surface area contributed by atoms with Crippen molar-refractivity contribution in [2.45, 2.75) is 45.4 Å². The maximum absolute atomic E-state index is 10.3. The Labute approximate surface area is 115 Å². The standard InChI is InChI=1S/C14H22BNO3/c1-13(2)14(3,4)19-15(18-13)11-8-6-7-10(9-16-5)12(11)17/h6-8,16-17H,9H2,1-5H3. The van der Waals surface area contributed by atoms with Gasteiger partial charge in [0.1, 0.15) is 5.75 Å². The molecule has 1 aliphatic rings. The van der Waals surface area contributed by atoms with Crippen LogP contribution >= 0.6 is 0 Å². The molecule has 0 radical (unpaired) electrons. The fourth-order valence-electron chi connectivity index (χ4n) is 2.10. The highest BCUT2D eigenvalue weighted by molar-refractivity contribution is 6.63. The third kappa shape index (κ3) is 2.50. The minimum absolute atomic E-state index is 0.246. The van der Waals surface area contributed by atoms with Crippen molar-refractivity contribution in [2.75, 3.05) is 7.05 Å². The predicted octanol–water partition coefficient (Wildman–Crippen LogP) is 1.41. The zero-order chi connectivity index (χ0) is 14.3. The van der Waals surface area contributed by atoms with E-state index in [4.69, 9.17) is 9.31 Å². The maximum atomic E-state index is 10.3. The van der Waals surface area contributed by atoms with E-state index < -0.39 is 18.3 Å². The highest BCUT2D eigenvalue weighted by Crippen LogP contribution is 2.37. The summed E-state index contributed by atoms with van der Waals surface area (Å²) in [4.78, 5) is 0. The molecule has 1 aromatic rings. The van der Waals surface area contributed by atoms with Gasteiger partial charge in [-0.15, -0.1) is 0 Å². The molecule has 2 N–H and O–H groups in total. The van der Waals surface area contributed by atoms with Crippen LogP contribution in [-0.4, -0.2) is 30.5 Å². The molecular weight excluding hydrogens is 241 g/mol. The summed E-state index contributed by atoms with van der Waals surface area (Å²) in [5, 5.41) is 13.4. The lowest BCUT2D eigenvalue weighted by Gasteiger charge is -2.32. The Balaban J connectivity index is 2.32. The Hall–Kier alpha value is -1.04. The van der Waals surface area contributed by atoms with Crippen molar-refractivity contribution in [3.05, 3.63) is 23.8 Å². The number of phenols is 1. The van der Waals surface area contributed by atoms with Crippen molar-refractivity contribution in [2.24, 2.45) is 0 Å². The van der Waals surface area contributed by atoms with E-state index in [1.54, 1.807) is 0 Å². The van der Waals surface area contributed by atoms with Crippen molar-refractivity contribution in [1.29, 1.82) is 0 Å². The molecule has 0 amide bonds. The minimum Gasteiger partial charge on any atom is -0.508 e. The van der Waals surface area contributed by atoms with Crippen LogP contribution in [0.1, 0.15) is 33.3 Å². The lowest BCUT2D eigenvalue weighted by molar-refractivity contribution is 0.00578. The van der Waals surface area contributed by atoms with E-state index >= 15 is 0 Å². The Morgan fingerprint density at radius 2 is 1.74 bits per heavy atom. The number of benzene rings is 1. The van der Waals surface area contributed by atoms with Gasteiger partial charge in [0.15, 0.2) is 0 Å². The highest BCUT2D eigenvalue weighted by Gasteiger charge is 2.52. The second kappa shape index (κ2) is 4.82. The summed E-state index contributed by atoms with van der Waals surface area (Å²) >= 11 is 0. The first-order valence-corrected chi connectivity index (χ1v) is 6.59. The Kier molecular flexibility index (Phi) is 3.64. The molecule has 2 rings (SSSR count). The number of para-hydroxylation sites is 1. The molecule has 1 heterocycles. The van der Waals surface area contributed by atoms with Crippen LogP contribution in [0.3, 0.4) is 0 Å². The topological polar surface area (TPSA) is 50.7 Å². The van der Waals surface area contributed by atoms with Crippen LogP contribution in [0, 0.1) is 0 Å². The van der Waals surface area contributed by atoms with Crippen LogP contribution in [-0.2, 0) is 15.9 Å². The second-order valence-corrected chi connectivity index (χ2v) is 5.97. The summed E-state index contributed by atoms with van der Waals surface area (Å²) in [7, 11) is 1.32. The van der Waals surface area contributed by atoms with Crippen LogP contribution < -0.4 is 10.8 Å². The molecule has 0 aromatic heterocycles. The molecule has 0 saturated carbocycles. The van der Waals surface area contributed by atoms with E-state index in [9.17, 15) is 5.11 Å². The normalized spacial score (nSPS) is 20.8. The SMILES string of the molecule is CNCc1cccc(B2OC(C)(C)C(C)(C)O2)c1O. The molecule has 4 nitrogen and oxygen atoms in total. The zero-order valence-corrected chi connectivity index (χ0v) is 12.3. The zero-order valence-electron chi connectivity index (χ0n) is 12.3. The average molecular weight is 263 g/mol. The fourth-order valence-corrected chi connectivity index (χ4v) is 2.10. The molecule has 104 valence electrons. The van der Waals surface area contributed by atoms with Crippen molar-refractivity contribution in [3.8, 4) is 5.75 Å². The van der Waals surface area contributed by atoms with Gasteiger partial charge < -0.3 is 19.7 Å². The van der Waals surface area contributed by atoms with Gasteiger partial charge in [-0.1, -0.05) is 18.2 Å². The molecule has 1 aromatic carbocycles. The second-order valence-electron chi connectivity index (χ2n) is 5.97. The third-order valence-corrected chi connectivity index (χ3v) is 4.03. The van der Waals surface area contributed by atoms with E-state index in [2.05, 4.69) is 5.32 Å². The quantitative estimate of drug-likeness (QED) is 0.809. The number of hydrogen-bond acceptors (Lipinski definition) is 4. The summed E-state index contributed by atoms with van der Waals surface area (Å²) in [6, 6.07) is 5.64. The van der Waals surface area contributed by atoms with Crippen LogP contribution in [0.15, 0.2) is 18.2 Å². The molecule has 0 spiro atoms. The number of aromatic hydroxyl groups is 1. The van der Waals surface area contributed by atoms with Crippen molar-refractivity contribution in [1.82, 2.24) is 5.32 Å². The van der Waals surface area contributed by atoms with Crippen LogP contribution in [0.25, 0.3) is 0 Å². The lowest BCUT2D eigenvalue weighted by Crippen LogP contribution is -2.41. The number of nitrogens with one attached hydrogen (secondary N) is 1. The summed E-state index contributed by atoms with van der Waals surface area (Å²) < 4.78 is 11.9. The molecule has 0 bridgehead atoms. The highest BCUT2D eigenvalue weighted by atomic mass is 16.7. The van der Waals surface area contributed by atoms with Gasteiger partial charge in [-0.25, -0.2) is 0 Å². The first kappa shape index (κ1) is 14.4. The summed E-state index contributed by atoms with van der Waals surface area (Å²) in [6.45, 7) is 8.62. The Morgan fingerprint density at radius 1 is 1.16 bits per heavy atom. The Bertz CT molecular complexity index is 458. The first-order valence-electron chi connectivity index (χ1n) is 6.59. The number of hydrogen-bond donors (Lipinski definition) is 2. The van der Waals surface area contributed by atoms with E-state index in [1.165, 1.54) is 0 Å². The molecule has 1 fully saturated rings. The third-order valence-electron chi connectivity index (χ3n) is 4.03. The molecule has 1 aliphatic heterocycles. The van der Waals surface area contributed by atoms with Crippen molar-refractivity contribution < 1.29 is 14.4 Å². The number of rotatable bonds is 3. The monoisotopic (exact) mass is 263 g/mol. The van der Waals surface area contributed by atoms with Gasteiger partial charge in [0.25, 0.3) is 0 Å². The molecule has 5 heteroatoms. The molecule has 0 unspecified atom stereocenters. The minimum atomic E-state index is -0.526. The molecule has 1 saturated heterocycles. The van der Waals surface area contributed by atoms with Crippen molar-refractivity contribution in [3.63, 3.8) is 0 Å². The Morgan fingerprint density at radius 3 is 2.26 bits per heavy atom.